The van der Waals surface area contributed by atoms with Gasteiger partial charge in [-0.3, -0.25) is 0 Å². The zero-order valence-electron chi connectivity index (χ0n) is 11.3. The van der Waals surface area contributed by atoms with Crippen LogP contribution in [0.4, 0.5) is 4.39 Å². The van der Waals surface area contributed by atoms with Gasteiger partial charge >= 0.3 is 0 Å². The summed E-state index contributed by atoms with van der Waals surface area (Å²) in [6.07, 6.45) is 0. The third-order valence-electron chi connectivity index (χ3n) is 2.96. The lowest BCUT2D eigenvalue weighted by Gasteiger charge is -2.09. The number of halogens is 2. The van der Waals surface area contributed by atoms with Crippen molar-refractivity contribution in [2.24, 2.45) is 0 Å². The quantitative estimate of drug-likeness (QED) is 0.859. The molecular weight excluding hydrogens is 321 g/mol. The van der Waals surface area contributed by atoms with Gasteiger partial charge in [0.2, 0.25) is 0 Å². The van der Waals surface area contributed by atoms with E-state index in [-0.39, 0.29) is 12.4 Å². The van der Waals surface area contributed by atoms with Crippen molar-refractivity contribution in [2.45, 2.75) is 19.8 Å². The van der Waals surface area contributed by atoms with E-state index in [0.717, 1.165) is 22.1 Å². The van der Waals surface area contributed by atoms with Crippen LogP contribution < -0.4 is 5.32 Å². The number of hydrogen-bond acceptors (Lipinski definition) is 2. The van der Waals surface area contributed by atoms with Crippen LogP contribution in [0, 0.1) is 5.82 Å². The molecule has 0 aliphatic carbocycles. The highest BCUT2D eigenvalue weighted by molar-refractivity contribution is 9.10. The molecule has 1 N–H and O–H groups in total. The Morgan fingerprint density at radius 2 is 1.85 bits per heavy atom. The van der Waals surface area contributed by atoms with Crippen molar-refractivity contribution in [2.75, 3.05) is 7.05 Å². The summed E-state index contributed by atoms with van der Waals surface area (Å²) in [6, 6.07) is 13.0. The lowest BCUT2D eigenvalue weighted by atomic mass is 10.1. The van der Waals surface area contributed by atoms with Crippen LogP contribution in [0.15, 0.2) is 46.9 Å². The van der Waals surface area contributed by atoms with Crippen LogP contribution in [0.1, 0.15) is 16.7 Å². The summed E-state index contributed by atoms with van der Waals surface area (Å²) in [5, 5.41) is 3.05. The third-order valence-corrected chi connectivity index (χ3v) is 3.74. The molecule has 2 aromatic carbocycles. The summed E-state index contributed by atoms with van der Waals surface area (Å²) < 4.78 is 20.3. The Bertz CT molecular complexity index is 574. The fourth-order valence-corrected chi connectivity index (χ4v) is 2.34. The van der Waals surface area contributed by atoms with Crippen molar-refractivity contribution in [1.29, 1.82) is 0 Å². The fraction of sp³-hybridized carbons (Fsp3) is 0.250. The Balaban J connectivity index is 1.97. The van der Waals surface area contributed by atoms with E-state index in [1.807, 2.05) is 37.4 Å². The van der Waals surface area contributed by atoms with E-state index in [4.69, 9.17) is 4.74 Å². The normalized spacial score (nSPS) is 10.8. The van der Waals surface area contributed by atoms with Gasteiger partial charge in [-0.2, -0.15) is 0 Å². The minimum absolute atomic E-state index is 0.225. The number of benzene rings is 2. The second-order valence-electron chi connectivity index (χ2n) is 4.54. The van der Waals surface area contributed by atoms with Gasteiger partial charge < -0.3 is 10.1 Å². The van der Waals surface area contributed by atoms with Crippen LogP contribution in [0.2, 0.25) is 0 Å². The monoisotopic (exact) mass is 337 g/mol. The maximum absolute atomic E-state index is 13.7. The third kappa shape index (κ3) is 4.13. The second kappa shape index (κ2) is 7.53. The van der Waals surface area contributed by atoms with Crippen molar-refractivity contribution in [3.8, 4) is 0 Å². The van der Waals surface area contributed by atoms with Gasteiger partial charge in [0, 0.05) is 16.6 Å². The molecule has 0 spiro atoms. The van der Waals surface area contributed by atoms with Gasteiger partial charge in [-0.25, -0.2) is 4.39 Å². The molecule has 0 bridgehead atoms. The van der Waals surface area contributed by atoms with Crippen molar-refractivity contribution >= 4 is 15.9 Å². The molecule has 0 saturated heterocycles. The Kier molecular flexibility index (Phi) is 5.71. The Hall–Kier alpha value is -1.23. The highest BCUT2D eigenvalue weighted by atomic mass is 79.9. The maximum Gasteiger partial charge on any atom is 0.128 e. The van der Waals surface area contributed by atoms with Crippen LogP contribution in [0.3, 0.4) is 0 Å². The molecule has 0 amide bonds. The molecular formula is C16H17BrFNO. The zero-order valence-corrected chi connectivity index (χ0v) is 12.9. The predicted molar refractivity (Wildman–Crippen MR) is 81.8 cm³/mol. The number of rotatable bonds is 6. The largest absolute Gasteiger partial charge is 0.372 e. The van der Waals surface area contributed by atoms with Crippen LogP contribution in [0.25, 0.3) is 0 Å². The molecule has 0 aromatic heterocycles. The fourth-order valence-electron chi connectivity index (χ4n) is 1.94. The van der Waals surface area contributed by atoms with E-state index in [1.54, 1.807) is 6.07 Å². The standard InChI is InChI=1S/C16H17BrFNO/c1-19-9-12-6-7-16(18)14(8-12)11-20-10-13-4-2-3-5-15(13)17/h2-8,19H,9-11H2,1H3. The highest BCUT2D eigenvalue weighted by Crippen LogP contribution is 2.18. The van der Waals surface area contributed by atoms with E-state index in [2.05, 4.69) is 21.2 Å². The first kappa shape index (κ1) is 15.2. The van der Waals surface area contributed by atoms with Crippen molar-refractivity contribution < 1.29 is 9.13 Å². The predicted octanol–water partition coefficient (Wildman–Crippen LogP) is 4.02. The van der Waals surface area contributed by atoms with Gasteiger partial charge in [-0.15, -0.1) is 0 Å². The Morgan fingerprint density at radius 1 is 1.10 bits per heavy atom. The van der Waals surface area contributed by atoms with E-state index < -0.39 is 0 Å². The van der Waals surface area contributed by atoms with Gasteiger partial charge in [0.05, 0.1) is 13.2 Å². The topological polar surface area (TPSA) is 21.3 Å². The van der Waals surface area contributed by atoms with E-state index in [9.17, 15) is 4.39 Å². The molecule has 0 fully saturated rings. The summed E-state index contributed by atoms with van der Waals surface area (Å²) in [5.41, 5.74) is 2.69. The number of hydrogen-bond donors (Lipinski definition) is 1. The Morgan fingerprint density at radius 3 is 2.60 bits per heavy atom. The first-order valence-corrected chi connectivity index (χ1v) is 7.23. The molecule has 0 saturated carbocycles. The molecule has 0 aliphatic rings. The second-order valence-corrected chi connectivity index (χ2v) is 5.39. The molecule has 0 aliphatic heterocycles. The smallest absolute Gasteiger partial charge is 0.128 e. The maximum atomic E-state index is 13.7. The van der Waals surface area contributed by atoms with Gasteiger partial charge in [0.1, 0.15) is 5.82 Å². The summed E-state index contributed by atoms with van der Waals surface area (Å²) in [5.74, 6) is -0.225. The minimum Gasteiger partial charge on any atom is -0.372 e. The zero-order chi connectivity index (χ0) is 14.4. The number of ether oxygens (including phenoxy) is 1. The first-order valence-electron chi connectivity index (χ1n) is 6.43. The first-order chi connectivity index (χ1) is 9.70. The summed E-state index contributed by atoms with van der Waals surface area (Å²) in [6.45, 7) is 1.44. The molecule has 0 atom stereocenters. The van der Waals surface area contributed by atoms with Crippen molar-refractivity contribution in [1.82, 2.24) is 5.32 Å². The average molecular weight is 338 g/mol. The number of nitrogens with one attached hydrogen (secondary N) is 1. The van der Waals surface area contributed by atoms with E-state index in [0.29, 0.717) is 12.2 Å². The lowest BCUT2D eigenvalue weighted by Crippen LogP contribution is -2.06. The minimum atomic E-state index is -0.225. The lowest BCUT2D eigenvalue weighted by molar-refractivity contribution is 0.104. The van der Waals surface area contributed by atoms with Crippen LogP contribution in [-0.4, -0.2) is 7.05 Å². The van der Waals surface area contributed by atoms with Gasteiger partial charge in [-0.05, 0) is 36.4 Å². The molecule has 20 heavy (non-hydrogen) atoms. The molecule has 106 valence electrons. The van der Waals surface area contributed by atoms with Gasteiger partial charge in [0.15, 0.2) is 0 Å². The van der Waals surface area contributed by atoms with Crippen LogP contribution in [-0.2, 0) is 24.5 Å². The molecule has 0 radical (unpaired) electrons. The molecule has 0 unspecified atom stereocenters. The van der Waals surface area contributed by atoms with Gasteiger partial charge in [-0.1, -0.05) is 40.2 Å². The molecule has 4 heteroatoms. The summed E-state index contributed by atoms with van der Waals surface area (Å²) >= 11 is 3.47. The molecule has 2 aromatic rings. The summed E-state index contributed by atoms with van der Waals surface area (Å²) in [4.78, 5) is 0. The Labute approximate surface area is 127 Å². The molecule has 2 rings (SSSR count). The molecule has 2 nitrogen and oxygen atoms in total. The van der Waals surface area contributed by atoms with Gasteiger partial charge in [0.25, 0.3) is 0 Å². The molecule has 0 heterocycles. The van der Waals surface area contributed by atoms with Crippen LogP contribution >= 0.6 is 15.9 Å². The van der Waals surface area contributed by atoms with E-state index >= 15 is 0 Å². The highest BCUT2D eigenvalue weighted by Gasteiger charge is 2.05. The van der Waals surface area contributed by atoms with Crippen molar-refractivity contribution in [3.05, 3.63) is 69.4 Å². The van der Waals surface area contributed by atoms with Crippen molar-refractivity contribution in [3.63, 3.8) is 0 Å². The van der Waals surface area contributed by atoms with Crippen LogP contribution in [0.5, 0.6) is 0 Å². The SMILES string of the molecule is CNCc1ccc(F)c(COCc2ccccc2Br)c1. The average Bonchev–Trinajstić information content (AvgIpc) is 2.44. The van der Waals surface area contributed by atoms with E-state index in [1.165, 1.54) is 6.07 Å². The summed E-state index contributed by atoms with van der Waals surface area (Å²) in [7, 11) is 1.87.